The van der Waals surface area contributed by atoms with Gasteiger partial charge in [0.25, 0.3) is 5.91 Å². The van der Waals surface area contributed by atoms with Gasteiger partial charge in [0.15, 0.2) is 0 Å². The highest BCUT2D eigenvalue weighted by Crippen LogP contribution is 2.13. The van der Waals surface area contributed by atoms with Crippen LogP contribution in [0, 0.1) is 13.8 Å². The molecule has 0 saturated carbocycles. The van der Waals surface area contributed by atoms with E-state index in [9.17, 15) is 4.79 Å². The van der Waals surface area contributed by atoms with Crippen molar-refractivity contribution in [3.8, 4) is 5.75 Å². The van der Waals surface area contributed by atoms with Crippen molar-refractivity contribution < 1.29 is 9.53 Å². The number of carbonyl (C=O) groups is 1. The van der Waals surface area contributed by atoms with Gasteiger partial charge in [0, 0.05) is 12.1 Å². The smallest absolute Gasteiger partial charge is 0.251 e. The Kier molecular flexibility index (Phi) is 4.41. The van der Waals surface area contributed by atoms with Gasteiger partial charge in [0.05, 0.1) is 7.11 Å². The molecule has 0 aliphatic rings. The molecule has 0 aliphatic carbocycles. The number of ether oxygens (including phenoxy) is 1. The Labute approximate surface area is 119 Å². The molecular weight excluding hydrogens is 250 g/mol. The Morgan fingerprint density at radius 2 is 1.95 bits per heavy atom. The van der Waals surface area contributed by atoms with Crippen molar-refractivity contribution in [1.82, 2.24) is 5.32 Å². The third-order valence-electron chi connectivity index (χ3n) is 3.21. The van der Waals surface area contributed by atoms with E-state index in [2.05, 4.69) is 5.32 Å². The maximum absolute atomic E-state index is 12.2. The zero-order valence-corrected chi connectivity index (χ0v) is 12.1. The van der Waals surface area contributed by atoms with Gasteiger partial charge in [0.1, 0.15) is 5.75 Å². The molecule has 2 rings (SSSR count). The molecule has 0 bridgehead atoms. The number of hydrogen-bond donors (Lipinski definition) is 1. The van der Waals surface area contributed by atoms with E-state index < -0.39 is 0 Å². The van der Waals surface area contributed by atoms with Crippen molar-refractivity contribution in [2.45, 2.75) is 20.4 Å². The van der Waals surface area contributed by atoms with Crippen LogP contribution in [0.2, 0.25) is 0 Å². The minimum Gasteiger partial charge on any atom is -0.497 e. The molecule has 0 fully saturated rings. The topological polar surface area (TPSA) is 38.3 Å². The van der Waals surface area contributed by atoms with Crippen molar-refractivity contribution in [1.29, 1.82) is 0 Å². The van der Waals surface area contributed by atoms with Crippen LogP contribution in [-0.4, -0.2) is 13.0 Å². The molecule has 3 nitrogen and oxygen atoms in total. The number of benzene rings is 2. The lowest BCUT2D eigenvalue weighted by Crippen LogP contribution is -2.23. The highest BCUT2D eigenvalue weighted by molar-refractivity contribution is 5.95. The van der Waals surface area contributed by atoms with Crippen LogP contribution in [0.25, 0.3) is 0 Å². The quantitative estimate of drug-likeness (QED) is 0.925. The monoisotopic (exact) mass is 269 g/mol. The molecule has 0 aromatic heterocycles. The maximum Gasteiger partial charge on any atom is 0.251 e. The van der Waals surface area contributed by atoms with Crippen LogP contribution >= 0.6 is 0 Å². The predicted octanol–water partition coefficient (Wildman–Crippen LogP) is 3.24. The number of carbonyl (C=O) groups excluding carboxylic acids is 1. The fourth-order valence-corrected chi connectivity index (χ4v) is 2.13. The standard InChI is InChI=1S/C17H19NO2/c1-12-7-8-16(13(2)9-12)17(19)18-11-14-5-4-6-15(10-14)20-3/h4-10H,11H2,1-3H3,(H,18,19). The lowest BCUT2D eigenvalue weighted by Gasteiger charge is -2.09. The molecule has 0 atom stereocenters. The summed E-state index contributed by atoms with van der Waals surface area (Å²) >= 11 is 0. The van der Waals surface area contributed by atoms with Gasteiger partial charge in [-0.15, -0.1) is 0 Å². The van der Waals surface area contributed by atoms with Crippen LogP contribution in [0.5, 0.6) is 5.75 Å². The summed E-state index contributed by atoms with van der Waals surface area (Å²) in [5, 5.41) is 2.93. The van der Waals surface area contributed by atoms with E-state index in [-0.39, 0.29) is 5.91 Å². The second-order valence-corrected chi connectivity index (χ2v) is 4.85. The minimum atomic E-state index is -0.0506. The largest absolute Gasteiger partial charge is 0.497 e. The van der Waals surface area contributed by atoms with Crippen molar-refractivity contribution in [2.75, 3.05) is 7.11 Å². The van der Waals surface area contributed by atoms with Gasteiger partial charge in [-0.05, 0) is 43.2 Å². The van der Waals surface area contributed by atoms with Crippen molar-refractivity contribution in [3.05, 3.63) is 64.7 Å². The van der Waals surface area contributed by atoms with Gasteiger partial charge >= 0.3 is 0 Å². The number of rotatable bonds is 4. The first kappa shape index (κ1) is 14.1. The lowest BCUT2D eigenvalue weighted by atomic mass is 10.1. The number of amides is 1. The first-order chi connectivity index (χ1) is 9.60. The Morgan fingerprint density at radius 1 is 1.15 bits per heavy atom. The molecule has 0 heterocycles. The summed E-state index contributed by atoms with van der Waals surface area (Å²) < 4.78 is 5.17. The number of hydrogen-bond acceptors (Lipinski definition) is 2. The molecule has 0 radical (unpaired) electrons. The molecule has 0 aliphatic heterocycles. The van der Waals surface area contributed by atoms with Crippen LogP contribution < -0.4 is 10.1 Å². The normalized spacial score (nSPS) is 10.2. The van der Waals surface area contributed by atoms with E-state index in [1.165, 1.54) is 0 Å². The second-order valence-electron chi connectivity index (χ2n) is 4.85. The molecule has 1 amide bonds. The van der Waals surface area contributed by atoms with E-state index in [0.29, 0.717) is 6.54 Å². The summed E-state index contributed by atoms with van der Waals surface area (Å²) in [6.07, 6.45) is 0. The molecule has 1 N–H and O–H groups in total. The van der Waals surface area contributed by atoms with Gasteiger partial charge in [-0.25, -0.2) is 0 Å². The molecule has 104 valence electrons. The van der Waals surface area contributed by atoms with Gasteiger partial charge in [-0.1, -0.05) is 29.8 Å². The van der Waals surface area contributed by atoms with Crippen LogP contribution in [-0.2, 0) is 6.54 Å². The van der Waals surface area contributed by atoms with Crippen LogP contribution in [0.1, 0.15) is 27.0 Å². The zero-order chi connectivity index (χ0) is 14.5. The highest BCUT2D eigenvalue weighted by Gasteiger charge is 2.08. The fourth-order valence-electron chi connectivity index (χ4n) is 2.13. The molecule has 0 saturated heterocycles. The Hall–Kier alpha value is -2.29. The average Bonchev–Trinajstić information content (AvgIpc) is 2.45. The van der Waals surface area contributed by atoms with Gasteiger partial charge in [-0.2, -0.15) is 0 Å². The van der Waals surface area contributed by atoms with E-state index in [4.69, 9.17) is 4.74 Å². The number of nitrogens with one attached hydrogen (secondary N) is 1. The molecule has 2 aromatic rings. The molecule has 3 heteroatoms. The Balaban J connectivity index is 2.04. The van der Waals surface area contributed by atoms with Gasteiger partial charge in [-0.3, -0.25) is 4.79 Å². The SMILES string of the molecule is COc1cccc(CNC(=O)c2ccc(C)cc2C)c1. The number of aryl methyl sites for hydroxylation is 2. The summed E-state index contributed by atoms with van der Waals surface area (Å²) in [4.78, 5) is 12.2. The molecule has 0 spiro atoms. The second kappa shape index (κ2) is 6.24. The first-order valence-electron chi connectivity index (χ1n) is 6.58. The average molecular weight is 269 g/mol. The van der Waals surface area contributed by atoms with Crippen LogP contribution in [0.4, 0.5) is 0 Å². The summed E-state index contributed by atoms with van der Waals surface area (Å²) in [7, 11) is 1.63. The van der Waals surface area contributed by atoms with Gasteiger partial charge < -0.3 is 10.1 Å². The molecule has 2 aromatic carbocycles. The predicted molar refractivity (Wildman–Crippen MR) is 80.1 cm³/mol. The van der Waals surface area contributed by atoms with E-state index in [0.717, 1.165) is 28.0 Å². The summed E-state index contributed by atoms with van der Waals surface area (Å²) in [5.41, 5.74) is 3.89. The van der Waals surface area contributed by atoms with E-state index >= 15 is 0 Å². The maximum atomic E-state index is 12.2. The third-order valence-corrected chi connectivity index (χ3v) is 3.21. The first-order valence-corrected chi connectivity index (χ1v) is 6.58. The Morgan fingerprint density at radius 3 is 2.65 bits per heavy atom. The van der Waals surface area contributed by atoms with E-state index in [1.807, 2.05) is 56.3 Å². The molecule has 0 unspecified atom stereocenters. The molecular formula is C17H19NO2. The van der Waals surface area contributed by atoms with Crippen molar-refractivity contribution in [2.24, 2.45) is 0 Å². The van der Waals surface area contributed by atoms with Crippen molar-refractivity contribution >= 4 is 5.91 Å². The highest BCUT2D eigenvalue weighted by atomic mass is 16.5. The van der Waals surface area contributed by atoms with E-state index in [1.54, 1.807) is 7.11 Å². The minimum absolute atomic E-state index is 0.0506. The Bertz CT molecular complexity index is 620. The van der Waals surface area contributed by atoms with Crippen LogP contribution in [0.3, 0.4) is 0 Å². The number of methoxy groups -OCH3 is 1. The fraction of sp³-hybridized carbons (Fsp3) is 0.235. The summed E-state index contributed by atoms with van der Waals surface area (Å²) in [6.45, 7) is 4.46. The van der Waals surface area contributed by atoms with Crippen molar-refractivity contribution in [3.63, 3.8) is 0 Å². The van der Waals surface area contributed by atoms with Crippen LogP contribution in [0.15, 0.2) is 42.5 Å². The molecule has 20 heavy (non-hydrogen) atoms. The zero-order valence-electron chi connectivity index (χ0n) is 12.1. The summed E-state index contributed by atoms with van der Waals surface area (Å²) in [5.74, 6) is 0.744. The summed E-state index contributed by atoms with van der Waals surface area (Å²) in [6, 6.07) is 13.5. The third kappa shape index (κ3) is 3.38. The lowest BCUT2D eigenvalue weighted by molar-refractivity contribution is 0.0950. The van der Waals surface area contributed by atoms with Gasteiger partial charge in [0.2, 0.25) is 0 Å².